The molecule has 2 rings (SSSR count). The predicted molar refractivity (Wildman–Crippen MR) is 58.1 cm³/mol. The lowest BCUT2D eigenvalue weighted by Crippen LogP contribution is -2.25. The Morgan fingerprint density at radius 2 is 2.05 bits per heavy atom. The van der Waals surface area contributed by atoms with Gasteiger partial charge in [0.05, 0.1) is 10.4 Å². The normalized spacial score (nSPS) is 11.8. The van der Waals surface area contributed by atoms with Gasteiger partial charge in [-0.25, -0.2) is 13.2 Å². The second-order valence-corrected chi connectivity index (χ2v) is 5.10. The minimum absolute atomic E-state index is 0.0970. The van der Waals surface area contributed by atoms with Gasteiger partial charge in [0.1, 0.15) is 10.1 Å². The predicted octanol–water partition coefficient (Wildman–Crippen LogP) is -1.36. The van der Waals surface area contributed by atoms with Crippen molar-refractivity contribution < 1.29 is 27.3 Å². The number of aromatic nitrogens is 1. The molecule has 9 heteroatoms. The van der Waals surface area contributed by atoms with Crippen LogP contribution in [0.4, 0.5) is 0 Å². The number of aryl methyl sites for hydroxylation is 1. The highest BCUT2D eigenvalue weighted by Crippen LogP contribution is 2.18. The summed E-state index contributed by atoms with van der Waals surface area (Å²) in [5, 5.41) is 10.3. The van der Waals surface area contributed by atoms with Crippen molar-refractivity contribution >= 4 is 27.2 Å². The first-order valence-electron chi connectivity index (χ1n) is 5.08. The van der Waals surface area contributed by atoms with Gasteiger partial charge in [-0.3, -0.25) is 4.57 Å². The zero-order chi connectivity index (χ0) is 14.2. The fraction of sp³-hybridized carbons (Fsp3) is 0.200. The largest absolute Gasteiger partial charge is 0.744 e. The number of oxazole rings is 1. The number of carboxylic acids is 1. The molecule has 0 bridgehead atoms. The fourth-order valence-electron chi connectivity index (χ4n) is 1.62. The lowest BCUT2D eigenvalue weighted by atomic mass is 10.3. The number of hydrogen-bond donors (Lipinski definition) is 0. The number of fused-ring (bicyclic) bond motifs is 1. The SMILES string of the molecule is O=C([O-])CCn1c(=O)oc2cc(S(=O)(=O)[O-])ccc21. The van der Waals surface area contributed by atoms with Gasteiger partial charge in [0.15, 0.2) is 5.58 Å². The fourth-order valence-corrected chi connectivity index (χ4v) is 2.10. The van der Waals surface area contributed by atoms with E-state index in [1.54, 1.807) is 0 Å². The van der Waals surface area contributed by atoms with Crippen LogP contribution in [0.2, 0.25) is 0 Å². The number of hydrogen-bond acceptors (Lipinski definition) is 7. The van der Waals surface area contributed by atoms with E-state index >= 15 is 0 Å². The minimum Gasteiger partial charge on any atom is -0.744 e. The Morgan fingerprint density at radius 1 is 1.37 bits per heavy atom. The summed E-state index contributed by atoms with van der Waals surface area (Å²) in [5.41, 5.74) is 0.110. The quantitative estimate of drug-likeness (QED) is 0.633. The summed E-state index contributed by atoms with van der Waals surface area (Å²) in [4.78, 5) is 21.3. The summed E-state index contributed by atoms with van der Waals surface area (Å²) < 4.78 is 38.2. The van der Waals surface area contributed by atoms with Gasteiger partial charge in [-0.1, -0.05) is 0 Å². The van der Waals surface area contributed by atoms with E-state index in [2.05, 4.69) is 0 Å². The van der Waals surface area contributed by atoms with E-state index in [0.29, 0.717) is 0 Å². The van der Waals surface area contributed by atoms with Crippen molar-refractivity contribution in [3.8, 4) is 0 Å². The molecule has 0 aliphatic rings. The van der Waals surface area contributed by atoms with Crippen molar-refractivity contribution in [2.45, 2.75) is 17.9 Å². The Morgan fingerprint density at radius 3 is 2.63 bits per heavy atom. The van der Waals surface area contributed by atoms with Gasteiger partial charge in [0.25, 0.3) is 0 Å². The molecule has 2 aromatic rings. The van der Waals surface area contributed by atoms with Crippen LogP contribution in [-0.2, 0) is 21.5 Å². The van der Waals surface area contributed by atoms with E-state index in [1.807, 2.05) is 0 Å². The maximum absolute atomic E-state index is 11.5. The van der Waals surface area contributed by atoms with Crippen molar-refractivity contribution in [3.63, 3.8) is 0 Å². The molecular weight excluding hydrogens is 278 g/mol. The highest BCUT2D eigenvalue weighted by atomic mass is 32.2. The molecule has 0 aliphatic carbocycles. The van der Waals surface area contributed by atoms with E-state index in [0.717, 1.165) is 16.7 Å². The number of carboxylic acid groups (broad SMARTS) is 1. The molecular formula is C10H7NO7S-2. The summed E-state index contributed by atoms with van der Waals surface area (Å²) >= 11 is 0. The molecule has 0 amide bonds. The molecule has 1 aromatic carbocycles. The molecule has 0 N–H and O–H groups in total. The van der Waals surface area contributed by atoms with E-state index in [4.69, 9.17) is 4.42 Å². The first-order valence-corrected chi connectivity index (χ1v) is 6.49. The smallest absolute Gasteiger partial charge is 0.419 e. The first-order chi connectivity index (χ1) is 8.79. The van der Waals surface area contributed by atoms with Crippen LogP contribution in [0.25, 0.3) is 11.1 Å². The maximum Gasteiger partial charge on any atom is 0.419 e. The average Bonchev–Trinajstić information content (AvgIpc) is 2.59. The molecule has 0 radical (unpaired) electrons. The number of carbonyl (C=O) groups is 1. The van der Waals surface area contributed by atoms with Gasteiger partial charge < -0.3 is 18.9 Å². The molecule has 8 nitrogen and oxygen atoms in total. The van der Waals surface area contributed by atoms with Crippen LogP contribution in [0, 0.1) is 0 Å². The van der Waals surface area contributed by atoms with Crippen LogP contribution in [0.15, 0.2) is 32.3 Å². The van der Waals surface area contributed by atoms with Gasteiger partial charge in [-0.05, 0) is 12.1 Å². The van der Waals surface area contributed by atoms with Crippen LogP contribution in [0.1, 0.15) is 6.42 Å². The number of carbonyl (C=O) groups excluding carboxylic acids is 1. The van der Waals surface area contributed by atoms with Crippen molar-refractivity contribution in [1.82, 2.24) is 4.57 Å². The highest BCUT2D eigenvalue weighted by Gasteiger charge is 2.11. The Balaban J connectivity index is 2.54. The van der Waals surface area contributed by atoms with Gasteiger partial charge >= 0.3 is 5.76 Å². The summed E-state index contributed by atoms with van der Waals surface area (Å²) in [5.74, 6) is -2.17. The van der Waals surface area contributed by atoms with Crippen LogP contribution in [-0.4, -0.2) is 23.5 Å². The van der Waals surface area contributed by atoms with Crippen molar-refractivity contribution in [2.24, 2.45) is 0 Å². The van der Waals surface area contributed by atoms with E-state index < -0.39 is 33.2 Å². The van der Waals surface area contributed by atoms with Gasteiger partial charge in [0, 0.05) is 25.0 Å². The Bertz CT molecular complexity index is 799. The van der Waals surface area contributed by atoms with Crippen LogP contribution < -0.4 is 10.9 Å². The second-order valence-electron chi connectivity index (χ2n) is 3.73. The minimum atomic E-state index is -4.65. The third-order valence-corrected chi connectivity index (χ3v) is 3.30. The summed E-state index contributed by atoms with van der Waals surface area (Å²) in [6, 6.07) is 3.16. The summed E-state index contributed by atoms with van der Waals surface area (Å²) in [6.45, 7) is -0.169. The zero-order valence-corrected chi connectivity index (χ0v) is 10.2. The number of nitrogens with zero attached hydrogens (tertiary/aromatic N) is 1. The Labute approximate surface area is 106 Å². The number of benzene rings is 1. The van der Waals surface area contributed by atoms with E-state index in [9.17, 15) is 27.7 Å². The van der Waals surface area contributed by atoms with E-state index in [-0.39, 0.29) is 17.6 Å². The number of rotatable bonds is 4. The lowest BCUT2D eigenvalue weighted by molar-refractivity contribution is -0.305. The molecule has 0 aliphatic heterocycles. The molecule has 1 heterocycles. The van der Waals surface area contributed by atoms with Crippen LogP contribution in [0.3, 0.4) is 0 Å². The monoisotopic (exact) mass is 285 g/mol. The standard InChI is InChI=1S/C10H9NO7S/c12-9(13)3-4-11-7-2-1-6(19(15,16)17)5-8(7)18-10(11)14/h1-2,5H,3-4H2,(H,12,13)(H,15,16,17)/p-2. The van der Waals surface area contributed by atoms with Crippen molar-refractivity contribution in [3.05, 3.63) is 28.7 Å². The maximum atomic E-state index is 11.5. The van der Waals surface area contributed by atoms with Crippen molar-refractivity contribution in [2.75, 3.05) is 0 Å². The molecule has 0 saturated heterocycles. The third kappa shape index (κ3) is 2.66. The Kier molecular flexibility index (Phi) is 3.16. The molecule has 0 unspecified atom stereocenters. The van der Waals surface area contributed by atoms with Crippen LogP contribution in [0.5, 0.6) is 0 Å². The molecule has 0 spiro atoms. The highest BCUT2D eigenvalue weighted by molar-refractivity contribution is 7.85. The number of aliphatic carboxylic acids is 1. The molecule has 19 heavy (non-hydrogen) atoms. The zero-order valence-electron chi connectivity index (χ0n) is 9.36. The molecule has 0 saturated carbocycles. The summed E-state index contributed by atoms with van der Waals surface area (Å²) in [6.07, 6.45) is -0.393. The third-order valence-electron chi connectivity index (χ3n) is 2.47. The Hall–Kier alpha value is -2.13. The summed E-state index contributed by atoms with van der Waals surface area (Å²) in [7, 11) is -4.65. The molecule has 0 atom stereocenters. The van der Waals surface area contributed by atoms with Gasteiger partial charge in [-0.2, -0.15) is 0 Å². The van der Waals surface area contributed by atoms with E-state index in [1.165, 1.54) is 6.07 Å². The van der Waals surface area contributed by atoms with Gasteiger partial charge in [-0.15, -0.1) is 0 Å². The second kappa shape index (κ2) is 4.52. The van der Waals surface area contributed by atoms with Crippen molar-refractivity contribution in [1.29, 1.82) is 0 Å². The average molecular weight is 285 g/mol. The molecule has 1 aromatic heterocycles. The first kappa shape index (κ1) is 13.3. The van der Waals surface area contributed by atoms with Crippen LogP contribution >= 0.6 is 0 Å². The topological polar surface area (TPSA) is 132 Å². The lowest BCUT2D eigenvalue weighted by Gasteiger charge is -2.06. The molecule has 102 valence electrons. The van der Waals surface area contributed by atoms with Gasteiger partial charge in [0.2, 0.25) is 0 Å². The molecule has 0 fully saturated rings.